The highest BCUT2D eigenvalue weighted by atomic mass is 32.1. The molecule has 2 aromatic rings. The minimum absolute atomic E-state index is 0.481. The minimum atomic E-state index is 0.481. The summed E-state index contributed by atoms with van der Waals surface area (Å²) in [5.41, 5.74) is 0. The van der Waals surface area contributed by atoms with Gasteiger partial charge in [-0.05, 0) is 24.4 Å². The number of nitrogens with zero attached hydrogens (tertiary/aromatic N) is 3. The Morgan fingerprint density at radius 2 is 2.60 bits per heavy atom. The normalized spacial score (nSPS) is 11.3. The van der Waals surface area contributed by atoms with Crippen LogP contribution in [0.15, 0.2) is 27.9 Å². The molecule has 0 fully saturated rings. The van der Waals surface area contributed by atoms with Crippen molar-refractivity contribution >= 4 is 18.4 Å². The van der Waals surface area contributed by atoms with Crippen LogP contribution in [0.25, 0.3) is 0 Å². The van der Waals surface area contributed by atoms with Crippen molar-refractivity contribution in [2.75, 3.05) is 0 Å². The lowest BCUT2D eigenvalue weighted by Gasteiger charge is -1.94. The second kappa shape index (κ2) is 4.22. The Hall–Kier alpha value is -1.69. The number of aryl methyl sites for hydroxylation is 1. The lowest BCUT2D eigenvalue weighted by Crippen LogP contribution is -1.96. The lowest BCUT2D eigenvalue weighted by molar-refractivity contribution is 0.559. The van der Waals surface area contributed by atoms with Crippen LogP contribution in [0.5, 0.6) is 0 Å². The second-order valence-electron chi connectivity index (χ2n) is 2.87. The van der Waals surface area contributed by atoms with Crippen LogP contribution >= 0.6 is 12.2 Å². The van der Waals surface area contributed by atoms with Crippen molar-refractivity contribution in [3.63, 3.8) is 0 Å². The van der Waals surface area contributed by atoms with Gasteiger partial charge in [0.1, 0.15) is 5.76 Å². The van der Waals surface area contributed by atoms with Crippen molar-refractivity contribution in [3.8, 4) is 0 Å². The molecule has 0 aromatic carbocycles. The van der Waals surface area contributed by atoms with Crippen LogP contribution in [0, 0.1) is 4.77 Å². The first kappa shape index (κ1) is 9.85. The molecule has 0 aliphatic heterocycles. The number of H-pyrrole nitrogens is 1. The highest BCUT2D eigenvalue weighted by Gasteiger charge is 2.01. The van der Waals surface area contributed by atoms with Crippen molar-refractivity contribution in [2.24, 2.45) is 5.10 Å². The molecule has 0 spiro atoms. The molecule has 0 aliphatic carbocycles. The second-order valence-corrected chi connectivity index (χ2v) is 3.26. The maximum atomic E-state index is 5.12. The molecule has 2 heterocycles. The first-order chi connectivity index (χ1) is 7.31. The van der Waals surface area contributed by atoms with E-state index in [9.17, 15) is 0 Å². The average molecular weight is 222 g/mol. The first-order valence-corrected chi connectivity index (χ1v) is 4.96. The smallest absolute Gasteiger partial charge is 0.216 e. The first-order valence-electron chi connectivity index (χ1n) is 4.55. The summed E-state index contributed by atoms with van der Waals surface area (Å²) in [6.07, 6.45) is 3.96. The number of furan rings is 1. The SMILES string of the molecule is CCc1n[nH]c(=S)n1N=Cc1ccco1. The van der Waals surface area contributed by atoms with Gasteiger partial charge in [-0.1, -0.05) is 6.92 Å². The molecule has 0 atom stereocenters. The summed E-state index contributed by atoms with van der Waals surface area (Å²) in [6, 6.07) is 3.62. The molecule has 15 heavy (non-hydrogen) atoms. The Morgan fingerprint density at radius 3 is 3.27 bits per heavy atom. The van der Waals surface area contributed by atoms with Crippen LogP contribution in [0.1, 0.15) is 18.5 Å². The molecular formula is C9H10N4OS. The molecule has 0 saturated heterocycles. The Bertz CT molecular complexity index is 508. The van der Waals surface area contributed by atoms with Gasteiger partial charge in [0.2, 0.25) is 4.77 Å². The summed E-state index contributed by atoms with van der Waals surface area (Å²) >= 11 is 5.03. The zero-order valence-electron chi connectivity index (χ0n) is 8.17. The van der Waals surface area contributed by atoms with E-state index in [1.165, 1.54) is 0 Å². The van der Waals surface area contributed by atoms with Gasteiger partial charge in [-0.15, -0.1) is 0 Å². The zero-order valence-corrected chi connectivity index (χ0v) is 8.99. The Morgan fingerprint density at radius 1 is 1.73 bits per heavy atom. The van der Waals surface area contributed by atoms with Gasteiger partial charge in [0, 0.05) is 6.42 Å². The summed E-state index contributed by atoms with van der Waals surface area (Å²) < 4.78 is 7.18. The van der Waals surface area contributed by atoms with E-state index in [2.05, 4.69) is 15.3 Å². The predicted octanol–water partition coefficient (Wildman–Crippen LogP) is 1.98. The number of aromatic nitrogens is 3. The van der Waals surface area contributed by atoms with Crippen LogP contribution in [-0.4, -0.2) is 21.1 Å². The molecule has 0 unspecified atom stereocenters. The highest BCUT2D eigenvalue weighted by Crippen LogP contribution is 2.00. The third-order valence-electron chi connectivity index (χ3n) is 1.88. The zero-order chi connectivity index (χ0) is 10.7. The van der Waals surface area contributed by atoms with E-state index >= 15 is 0 Å². The monoisotopic (exact) mass is 222 g/mol. The summed E-state index contributed by atoms with van der Waals surface area (Å²) in [6.45, 7) is 1.99. The highest BCUT2D eigenvalue weighted by molar-refractivity contribution is 7.71. The van der Waals surface area contributed by atoms with Crippen LogP contribution in [0.3, 0.4) is 0 Å². The van der Waals surface area contributed by atoms with Gasteiger partial charge in [0.05, 0.1) is 12.5 Å². The number of aromatic amines is 1. The van der Waals surface area contributed by atoms with E-state index in [0.29, 0.717) is 10.5 Å². The van der Waals surface area contributed by atoms with Crippen LogP contribution in [0.4, 0.5) is 0 Å². The molecule has 2 rings (SSSR count). The van der Waals surface area contributed by atoms with Gasteiger partial charge in [0.15, 0.2) is 5.82 Å². The molecule has 1 N–H and O–H groups in total. The Balaban J connectivity index is 2.31. The molecule has 5 nitrogen and oxygen atoms in total. The van der Waals surface area contributed by atoms with Crippen molar-refractivity contribution in [1.82, 2.24) is 14.9 Å². The molecule has 0 bridgehead atoms. The minimum Gasteiger partial charge on any atom is -0.463 e. The van der Waals surface area contributed by atoms with Crippen LogP contribution in [0.2, 0.25) is 0 Å². The fraction of sp³-hybridized carbons (Fsp3) is 0.222. The Labute approximate surface area is 91.4 Å². The standard InChI is InChI=1S/C9H10N4OS/c1-2-8-11-12-9(15)13(8)10-6-7-4-3-5-14-7/h3-6H,2H2,1H3,(H,12,15). The van der Waals surface area contributed by atoms with E-state index in [0.717, 1.165) is 12.2 Å². The summed E-state index contributed by atoms with van der Waals surface area (Å²) in [5.74, 6) is 1.47. The number of hydrogen-bond acceptors (Lipinski definition) is 4. The third-order valence-corrected chi connectivity index (χ3v) is 2.14. The largest absolute Gasteiger partial charge is 0.463 e. The molecular weight excluding hydrogens is 212 g/mol. The maximum absolute atomic E-state index is 5.12. The van der Waals surface area contributed by atoms with Gasteiger partial charge in [-0.25, -0.2) is 0 Å². The fourth-order valence-electron chi connectivity index (χ4n) is 1.15. The van der Waals surface area contributed by atoms with Crippen molar-refractivity contribution in [2.45, 2.75) is 13.3 Å². The molecule has 78 valence electrons. The van der Waals surface area contributed by atoms with Crippen LogP contribution < -0.4 is 0 Å². The average Bonchev–Trinajstić information content (AvgIpc) is 2.84. The van der Waals surface area contributed by atoms with Gasteiger partial charge in [-0.3, -0.25) is 5.10 Å². The lowest BCUT2D eigenvalue weighted by atomic mass is 10.5. The van der Waals surface area contributed by atoms with E-state index in [1.807, 2.05) is 13.0 Å². The van der Waals surface area contributed by atoms with Gasteiger partial charge < -0.3 is 4.42 Å². The van der Waals surface area contributed by atoms with Crippen molar-refractivity contribution in [1.29, 1.82) is 0 Å². The molecule has 0 radical (unpaired) electrons. The Kier molecular flexibility index (Phi) is 2.77. The molecule has 0 amide bonds. The molecule has 0 aliphatic rings. The van der Waals surface area contributed by atoms with E-state index in [1.54, 1.807) is 23.2 Å². The molecule has 0 saturated carbocycles. The summed E-state index contributed by atoms with van der Waals surface area (Å²) in [7, 11) is 0. The van der Waals surface area contributed by atoms with Gasteiger partial charge >= 0.3 is 0 Å². The molecule has 2 aromatic heterocycles. The topological polar surface area (TPSA) is 59.1 Å². The number of rotatable bonds is 3. The van der Waals surface area contributed by atoms with E-state index in [-0.39, 0.29) is 0 Å². The van der Waals surface area contributed by atoms with E-state index < -0.39 is 0 Å². The maximum Gasteiger partial charge on any atom is 0.216 e. The van der Waals surface area contributed by atoms with Crippen molar-refractivity contribution in [3.05, 3.63) is 34.8 Å². The number of nitrogens with one attached hydrogen (secondary N) is 1. The predicted molar refractivity (Wildman–Crippen MR) is 58.5 cm³/mol. The van der Waals surface area contributed by atoms with Gasteiger partial charge in [0.25, 0.3) is 0 Å². The van der Waals surface area contributed by atoms with Crippen LogP contribution in [-0.2, 0) is 6.42 Å². The summed E-state index contributed by atoms with van der Waals surface area (Å²) in [5, 5.41) is 10.9. The third kappa shape index (κ3) is 2.04. The number of hydrogen-bond donors (Lipinski definition) is 1. The quantitative estimate of drug-likeness (QED) is 0.638. The fourth-order valence-corrected chi connectivity index (χ4v) is 1.35. The van der Waals surface area contributed by atoms with Crippen molar-refractivity contribution < 1.29 is 4.42 Å². The summed E-state index contributed by atoms with van der Waals surface area (Å²) in [4.78, 5) is 0. The van der Waals surface area contributed by atoms with Gasteiger partial charge in [-0.2, -0.15) is 14.9 Å². The molecule has 6 heteroatoms. The van der Waals surface area contributed by atoms with E-state index in [4.69, 9.17) is 16.6 Å².